The van der Waals surface area contributed by atoms with Gasteiger partial charge in [0.05, 0.1) is 16.0 Å². The van der Waals surface area contributed by atoms with Gasteiger partial charge < -0.3 is 4.57 Å². The van der Waals surface area contributed by atoms with E-state index in [0.717, 1.165) is 0 Å². The van der Waals surface area contributed by atoms with Crippen LogP contribution in [0.3, 0.4) is 0 Å². The van der Waals surface area contributed by atoms with E-state index in [1.54, 1.807) is 12.1 Å². The fraction of sp³-hybridized carbons (Fsp3) is 0.111. The second kappa shape index (κ2) is 3.67. The van der Waals surface area contributed by atoms with Gasteiger partial charge in [0, 0.05) is 13.1 Å². The molecule has 82 valence electrons. The summed E-state index contributed by atoms with van der Waals surface area (Å²) < 4.78 is 1.78. The Morgan fingerprint density at radius 2 is 2.19 bits per heavy atom. The van der Waals surface area contributed by atoms with Crippen LogP contribution in [-0.4, -0.2) is 14.5 Å². The molecule has 2 aromatic rings. The molecular formula is C9H6BrN3O3. The third-order valence-electron chi connectivity index (χ3n) is 2.22. The van der Waals surface area contributed by atoms with Gasteiger partial charge in [-0.3, -0.25) is 14.9 Å². The van der Waals surface area contributed by atoms with E-state index in [2.05, 4.69) is 20.9 Å². The van der Waals surface area contributed by atoms with Crippen molar-refractivity contribution in [2.45, 2.75) is 0 Å². The van der Waals surface area contributed by atoms with Gasteiger partial charge in [-0.15, -0.1) is 0 Å². The molecule has 0 aliphatic carbocycles. The van der Waals surface area contributed by atoms with Crippen molar-refractivity contribution in [3.05, 3.63) is 43.3 Å². The van der Waals surface area contributed by atoms with Crippen LogP contribution in [0.15, 0.2) is 27.6 Å². The molecule has 0 unspecified atom stereocenters. The minimum absolute atomic E-state index is 0.406. The molecule has 0 fully saturated rings. The Kier molecular flexibility index (Phi) is 2.47. The van der Waals surface area contributed by atoms with Crippen molar-refractivity contribution in [1.29, 1.82) is 0 Å². The summed E-state index contributed by atoms with van der Waals surface area (Å²) in [5, 5.41) is 10.7. The van der Waals surface area contributed by atoms with E-state index < -0.39 is 16.2 Å². The number of fused-ring (bicyclic) bond motifs is 1. The molecule has 0 aliphatic rings. The zero-order chi connectivity index (χ0) is 11.9. The Hall–Kier alpha value is -1.76. The smallest absolute Gasteiger partial charge is 0.304 e. The largest absolute Gasteiger partial charge is 0.336 e. The maximum Gasteiger partial charge on any atom is 0.336 e. The number of aromatic nitrogens is 2. The van der Waals surface area contributed by atoms with Crippen LogP contribution < -0.4 is 5.56 Å². The monoisotopic (exact) mass is 283 g/mol. The summed E-state index contributed by atoms with van der Waals surface area (Å²) in [6.45, 7) is 0. The number of pyridine rings is 2. The molecule has 0 amide bonds. The summed E-state index contributed by atoms with van der Waals surface area (Å²) >= 11 is 3.17. The highest BCUT2D eigenvalue weighted by molar-refractivity contribution is 9.10. The van der Waals surface area contributed by atoms with Gasteiger partial charge in [0.15, 0.2) is 0 Å². The van der Waals surface area contributed by atoms with E-state index in [-0.39, 0.29) is 0 Å². The van der Waals surface area contributed by atoms with Gasteiger partial charge >= 0.3 is 11.2 Å². The third kappa shape index (κ3) is 1.58. The summed E-state index contributed by atoms with van der Waals surface area (Å²) in [5.74, 6) is 0. The number of rotatable bonds is 1. The Labute approximate surface area is 97.8 Å². The van der Waals surface area contributed by atoms with E-state index in [4.69, 9.17) is 0 Å². The lowest BCUT2D eigenvalue weighted by molar-refractivity contribution is -0.386. The SMILES string of the molecule is Cn1c(=O)c([N+](=O)[O-])cc2nc(Br)ccc21. The maximum absolute atomic E-state index is 11.6. The predicted octanol–water partition coefficient (Wildman–Crippen LogP) is 1.60. The molecule has 0 saturated carbocycles. The molecular weight excluding hydrogens is 278 g/mol. The molecule has 2 rings (SSSR count). The van der Waals surface area contributed by atoms with Crippen molar-refractivity contribution in [3.8, 4) is 0 Å². The van der Waals surface area contributed by atoms with E-state index >= 15 is 0 Å². The number of hydrogen-bond donors (Lipinski definition) is 0. The normalized spacial score (nSPS) is 10.6. The predicted molar refractivity (Wildman–Crippen MR) is 61.3 cm³/mol. The topological polar surface area (TPSA) is 78.0 Å². The van der Waals surface area contributed by atoms with Crippen LogP contribution in [0.1, 0.15) is 0 Å². The second-order valence-electron chi connectivity index (χ2n) is 3.19. The van der Waals surface area contributed by atoms with Crippen molar-refractivity contribution < 1.29 is 4.92 Å². The molecule has 0 atom stereocenters. The van der Waals surface area contributed by atoms with E-state index in [1.807, 2.05) is 0 Å². The molecule has 0 spiro atoms. The lowest BCUT2D eigenvalue weighted by atomic mass is 10.3. The van der Waals surface area contributed by atoms with Crippen molar-refractivity contribution in [2.75, 3.05) is 0 Å². The Morgan fingerprint density at radius 1 is 1.50 bits per heavy atom. The zero-order valence-corrected chi connectivity index (χ0v) is 9.76. The first-order valence-corrected chi connectivity index (χ1v) is 5.10. The minimum Gasteiger partial charge on any atom is -0.304 e. The molecule has 7 heteroatoms. The van der Waals surface area contributed by atoms with Crippen LogP contribution in [0, 0.1) is 10.1 Å². The molecule has 2 heterocycles. The summed E-state index contributed by atoms with van der Waals surface area (Å²) in [6, 6.07) is 4.54. The fourth-order valence-corrected chi connectivity index (χ4v) is 1.76. The molecule has 0 aromatic carbocycles. The van der Waals surface area contributed by atoms with E-state index in [1.165, 1.54) is 17.7 Å². The van der Waals surface area contributed by atoms with Gasteiger partial charge in [0.2, 0.25) is 0 Å². The average molecular weight is 284 g/mol. The highest BCUT2D eigenvalue weighted by Gasteiger charge is 2.16. The quantitative estimate of drug-likeness (QED) is 0.452. The standard InChI is InChI=1S/C9H6BrN3O3/c1-12-6-2-3-8(10)11-5(6)4-7(9(12)14)13(15)16/h2-4H,1H3. The first-order chi connectivity index (χ1) is 7.50. The van der Waals surface area contributed by atoms with Crippen molar-refractivity contribution in [3.63, 3.8) is 0 Å². The number of halogens is 1. The lowest BCUT2D eigenvalue weighted by Gasteiger charge is -2.03. The maximum atomic E-state index is 11.6. The van der Waals surface area contributed by atoms with E-state index in [0.29, 0.717) is 15.6 Å². The van der Waals surface area contributed by atoms with Gasteiger partial charge in [0.1, 0.15) is 4.60 Å². The Morgan fingerprint density at radius 3 is 2.81 bits per heavy atom. The van der Waals surface area contributed by atoms with Gasteiger partial charge in [-0.2, -0.15) is 0 Å². The summed E-state index contributed by atoms with van der Waals surface area (Å²) in [4.78, 5) is 25.6. The molecule has 2 aromatic heterocycles. The molecule has 0 radical (unpaired) electrons. The second-order valence-corrected chi connectivity index (χ2v) is 4.00. The molecule has 0 bridgehead atoms. The highest BCUT2D eigenvalue weighted by Crippen LogP contribution is 2.17. The summed E-state index contributed by atoms with van der Waals surface area (Å²) in [7, 11) is 1.48. The van der Waals surface area contributed by atoms with E-state index in [9.17, 15) is 14.9 Å². The van der Waals surface area contributed by atoms with Crippen LogP contribution in [-0.2, 0) is 7.05 Å². The minimum atomic E-state index is -0.704. The summed E-state index contributed by atoms with van der Waals surface area (Å²) in [5.41, 5.74) is -0.149. The Balaban J connectivity index is 2.94. The number of hydrogen-bond acceptors (Lipinski definition) is 4. The fourth-order valence-electron chi connectivity index (χ4n) is 1.44. The van der Waals surface area contributed by atoms with Crippen LogP contribution in [0.4, 0.5) is 5.69 Å². The average Bonchev–Trinajstić information content (AvgIpc) is 2.22. The first-order valence-electron chi connectivity index (χ1n) is 4.31. The van der Waals surface area contributed by atoms with Crippen molar-refractivity contribution >= 4 is 32.7 Å². The summed E-state index contributed by atoms with van der Waals surface area (Å²) in [6.07, 6.45) is 0. The van der Waals surface area contributed by atoms with Gasteiger partial charge in [-0.1, -0.05) is 0 Å². The Bertz CT molecular complexity index is 650. The van der Waals surface area contributed by atoms with Gasteiger partial charge in [-0.05, 0) is 28.1 Å². The van der Waals surface area contributed by atoms with Crippen LogP contribution in [0.2, 0.25) is 0 Å². The zero-order valence-electron chi connectivity index (χ0n) is 8.18. The lowest BCUT2D eigenvalue weighted by Crippen LogP contribution is -2.20. The van der Waals surface area contributed by atoms with Gasteiger partial charge in [0.25, 0.3) is 0 Å². The third-order valence-corrected chi connectivity index (χ3v) is 2.67. The molecule has 0 N–H and O–H groups in total. The van der Waals surface area contributed by atoms with Crippen molar-refractivity contribution in [1.82, 2.24) is 9.55 Å². The van der Waals surface area contributed by atoms with Crippen LogP contribution in [0.25, 0.3) is 11.0 Å². The van der Waals surface area contributed by atoms with Gasteiger partial charge in [-0.25, -0.2) is 4.98 Å². The molecule has 0 aliphatic heterocycles. The molecule has 16 heavy (non-hydrogen) atoms. The molecule has 6 nitrogen and oxygen atoms in total. The first kappa shape index (κ1) is 10.7. The molecule has 0 saturated heterocycles. The number of nitro groups is 1. The van der Waals surface area contributed by atoms with Crippen LogP contribution >= 0.6 is 15.9 Å². The highest BCUT2D eigenvalue weighted by atomic mass is 79.9. The number of nitrogens with zero attached hydrogens (tertiary/aromatic N) is 3. The number of aryl methyl sites for hydroxylation is 1. The van der Waals surface area contributed by atoms with Crippen molar-refractivity contribution in [2.24, 2.45) is 7.05 Å². The van der Waals surface area contributed by atoms with Crippen LogP contribution in [0.5, 0.6) is 0 Å².